The van der Waals surface area contributed by atoms with Crippen LogP contribution in [0.2, 0.25) is 0 Å². The molecular formula is C45H71O2P. The maximum absolute atomic E-state index is 12.8. The van der Waals surface area contributed by atoms with E-state index in [1.54, 1.807) is 0 Å². The molecule has 0 heterocycles. The minimum absolute atomic E-state index is 0.629. The van der Waals surface area contributed by atoms with Crippen LogP contribution >= 0.6 is 7.06 Å². The number of aryl methyl sites for hydroxylation is 3. The second-order valence-electron chi connectivity index (χ2n) is 14.6. The van der Waals surface area contributed by atoms with Gasteiger partial charge in [-0.15, -0.1) is 0 Å². The Hall–Kier alpha value is -1.99. The van der Waals surface area contributed by atoms with Crippen LogP contribution in [0.1, 0.15) is 172 Å². The summed E-state index contributed by atoms with van der Waals surface area (Å²) >= 11 is 0. The van der Waals surface area contributed by atoms with Crippen molar-refractivity contribution in [1.82, 2.24) is 0 Å². The van der Waals surface area contributed by atoms with E-state index in [2.05, 4.69) is 57.2 Å². The zero-order valence-corrected chi connectivity index (χ0v) is 32.1. The number of hydrogen-bond donors (Lipinski definition) is 2. The van der Waals surface area contributed by atoms with Gasteiger partial charge in [-0.2, -0.15) is 0 Å². The van der Waals surface area contributed by atoms with Gasteiger partial charge in [0.15, 0.2) is 0 Å². The molecular weight excluding hydrogens is 603 g/mol. The first-order valence-electron chi connectivity index (χ1n) is 20.2. The molecule has 0 radical (unpaired) electrons. The van der Waals surface area contributed by atoms with Gasteiger partial charge in [0.25, 0.3) is 0 Å². The van der Waals surface area contributed by atoms with Crippen LogP contribution in [0.4, 0.5) is 0 Å². The zero-order valence-electron chi connectivity index (χ0n) is 31.2. The molecule has 48 heavy (non-hydrogen) atoms. The summed E-state index contributed by atoms with van der Waals surface area (Å²) in [4.78, 5) is 25.6. The van der Waals surface area contributed by atoms with Gasteiger partial charge in [0, 0.05) is 0 Å². The van der Waals surface area contributed by atoms with Gasteiger partial charge in [-0.3, -0.25) is 0 Å². The molecule has 3 aromatic carbocycles. The van der Waals surface area contributed by atoms with E-state index in [1.165, 1.54) is 152 Å². The van der Waals surface area contributed by atoms with E-state index in [9.17, 15) is 9.79 Å². The van der Waals surface area contributed by atoms with Crippen molar-refractivity contribution in [2.45, 2.75) is 175 Å². The molecule has 0 spiro atoms. The fraction of sp³-hybridized carbons (Fsp3) is 0.600. The van der Waals surface area contributed by atoms with Gasteiger partial charge in [-0.25, -0.2) is 0 Å². The molecule has 2 N–H and O–H groups in total. The number of unbranched alkanes of at least 4 members (excludes halogenated alkanes) is 18. The van der Waals surface area contributed by atoms with Gasteiger partial charge in [0.05, 0.1) is 0 Å². The van der Waals surface area contributed by atoms with Crippen LogP contribution in [-0.2, 0) is 19.3 Å². The first kappa shape index (κ1) is 40.4. The third-order valence-electron chi connectivity index (χ3n) is 10.5. The molecule has 0 aliphatic rings. The van der Waals surface area contributed by atoms with E-state index in [0.29, 0.717) is 15.9 Å². The van der Waals surface area contributed by atoms with Gasteiger partial charge >= 0.3 is 276 Å². The Bertz CT molecular complexity index is 1070. The Morgan fingerprint density at radius 1 is 0.312 bits per heavy atom. The Labute approximate surface area is 296 Å². The number of rotatable bonds is 27. The third kappa shape index (κ3) is 13.0. The quantitative estimate of drug-likeness (QED) is 0.0624. The molecule has 0 unspecified atom stereocenters. The molecule has 0 atom stereocenters. The van der Waals surface area contributed by atoms with Crippen molar-refractivity contribution < 1.29 is 9.79 Å². The van der Waals surface area contributed by atoms with Crippen LogP contribution in [0, 0.1) is 0 Å². The van der Waals surface area contributed by atoms with Crippen molar-refractivity contribution >= 4 is 23.0 Å². The summed E-state index contributed by atoms with van der Waals surface area (Å²) in [6.07, 6.45) is 30.4. The van der Waals surface area contributed by atoms with Gasteiger partial charge in [-0.1, -0.05) is 20.8 Å². The third-order valence-corrected chi connectivity index (χ3v) is 14.3. The fourth-order valence-electron chi connectivity index (χ4n) is 7.14. The average Bonchev–Trinajstić information content (AvgIpc) is 3.11. The Morgan fingerprint density at radius 3 is 0.750 bits per heavy atom. The van der Waals surface area contributed by atoms with Gasteiger partial charge in [-0.05, 0) is 0 Å². The molecule has 0 saturated carbocycles. The van der Waals surface area contributed by atoms with Gasteiger partial charge in [0.2, 0.25) is 0 Å². The van der Waals surface area contributed by atoms with Crippen molar-refractivity contribution in [2.75, 3.05) is 0 Å². The van der Waals surface area contributed by atoms with Gasteiger partial charge < -0.3 is 0 Å². The molecule has 0 aliphatic heterocycles. The molecule has 0 saturated heterocycles. The topological polar surface area (TPSA) is 40.5 Å². The predicted octanol–water partition coefficient (Wildman–Crippen LogP) is 12.2. The van der Waals surface area contributed by atoms with Crippen LogP contribution in [-0.4, -0.2) is 9.79 Å². The Balaban J connectivity index is 1.73. The fourth-order valence-corrected chi connectivity index (χ4v) is 10.2. The van der Waals surface area contributed by atoms with E-state index >= 15 is 0 Å². The van der Waals surface area contributed by atoms with E-state index in [0.717, 1.165) is 19.3 Å². The Morgan fingerprint density at radius 2 is 0.521 bits per heavy atom. The van der Waals surface area contributed by atoms with E-state index < -0.39 is 7.06 Å². The van der Waals surface area contributed by atoms with Crippen molar-refractivity contribution in [3.63, 3.8) is 0 Å². The van der Waals surface area contributed by atoms with Crippen molar-refractivity contribution in [1.29, 1.82) is 0 Å². The predicted molar refractivity (Wildman–Crippen MR) is 215 cm³/mol. The zero-order chi connectivity index (χ0) is 34.4. The SMILES string of the molecule is CCCCCCCCCc1ccc(P(O)(O)(c2ccc(CCCCCCCCC)cc2)c2ccc(CCCCCCCCC)cc2)cc1. The minimum atomic E-state index is -4.63. The monoisotopic (exact) mass is 675 g/mol. The first-order chi connectivity index (χ1) is 23.4. The van der Waals surface area contributed by atoms with Gasteiger partial charge in [0.1, 0.15) is 0 Å². The summed E-state index contributed by atoms with van der Waals surface area (Å²) < 4.78 is 0. The first-order valence-corrected chi connectivity index (χ1v) is 22.4. The van der Waals surface area contributed by atoms with Crippen molar-refractivity contribution in [3.8, 4) is 0 Å². The maximum atomic E-state index is 12.8. The number of benzene rings is 3. The standard InChI is InChI=1S/C45H71O2P/c1-4-7-10-13-16-19-22-25-40-28-34-43(35-29-40)48(46,47,44-36-30-41(31-37-44)26-23-20-17-14-11-8-5-2)45-38-32-42(33-39-45)27-24-21-18-15-12-9-6-3/h28-39,46-47H,4-27H2,1-3H3. The van der Waals surface area contributed by atoms with Crippen LogP contribution in [0.5, 0.6) is 0 Å². The molecule has 0 amide bonds. The Kier molecular flexibility index (Phi) is 19.1. The van der Waals surface area contributed by atoms with Crippen molar-refractivity contribution in [2.24, 2.45) is 0 Å². The second kappa shape index (κ2) is 22.7. The van der Waals surface area contributed by atoms with Crippen LogP contribution in [0.3, 0.4) is 0 Å². The van der Waals surface area contributed by atoms with Crippen LogP contribution in [0.25, 0.3) is 0 Å². The molecule has 0 fully saturated rings. The molecule has 0 bridgehead atoms. The molecule has 3 heteroatoms. The van der Waals surface area contributed by atoms with E-state index in [-0.39, 0.29) is 0 Å². The van der Waals surface area contributed by atoms with Crippen LogP contribution < -0.4 is 15.9 Å². The second-order valence-corrected chi connectivity index (χ2v) is 18.2. The summed E-state index contributed by atoms with van der Waals surface area (Å²) in [5, 5.41) is 1.89. The summed E-state index contributed by atoms with van der Waals surface area (Å²) in [6, 6.07) is 24.7. The van der Waals surface area contributed by atoms with E-state index in [1.807, 2.05) is 36.4 Å². The molecule has 0 aliphatic carbocycles. The summed E-state index contributed by atoms with van der Waals surface area (Å²) in [5.74, 6) is 0. The summed E-state index contributed by atoms with van der Waals surface area (Å²) in [7, 11) is -4.63. The molecule has 0 aromatic heterocycles. The summed E-state index contributed by atoms with van der Waals surface area (Å²) in [6.45, 7) is 6.80. The molecule has 3 rings (SSSR count). The van der Waals surface area contributed by atoms with E-state index in [4.69, 9.17) is 0 Å². The average molecular weight is 675 g/mol. The molecule has 2 nitrogen and oxygen atoms in total. The summed E-state index contributed by atoms with van der Waals surface area (Å²) in [5.41, 5.74) is 3.84. The number of hydrogen-bond acceptors (Lipinski definition) is 2. The normalized spacial score (nSPS) is 12.6. The van der Waals surface area contributed by atoms with Crippen molar-refractivity contribution in [3.05, 3.63) is 89.5 Å². The molecule has 268 valence electrons. The molecule has 3 aromatic rings. The van der Waals surface area contributed by atoms with Crippen LogP contribution in [0.15, 0.2) is 72.8 Å².